The number of aryl methyl sites for hydroxylation is 1. The Morgan fingerprint density at radius 1 is 1.24 bits per heavy atom. The van der Waals surface area contributed by atoms with E-state index < -0.39 is 17.7 Å². The van der Waals surface area contributed by atoms with Crippen LogP contribution in [0.5, 0.6) is 0 Å². The average Bonchev–Trinajstić information content (AvgIpc) is 3.70. The average molecular weight is 525 g/mol. The summed E-state index contributed by atoms with van der Waals surface area (Å²) in [5.74, 6) is 0.0166. The van der Waals surface area contributed by atoms with Crippen molar-refractivity contribution in [3.8, 4) is 11.1 Å². The number of pyridine rings is 1. The fourth-order valence-electron chi connectivity index (χ4n) is 4.79. The molecule has 1 aliphatic rings. The molecular weight excluding hydrogens is 488 g/mol. The van der Waals surface area contributed by atoms with Gasteiger partial charge in [-0.25, -0.2) is 4.79 Å². The van der Waals surface area contributed by atoms with Crippen LogP contribution in [0.2, 0.25) is 5.02 Å². The van der Waals surface area contributed by atoms with Gasteiger partial charge in [0.05, 0.1) is 35.5 Å². The van der Waals surface area contributed by atoms with E-state index in [9.17, 15) is 9.90 Å². The summed E-state index contributed by atoms with van der Waals surface area (Å²) in [6.45, 7) is 10.4. The molecule has 0 bridgehead atoms. The maximum Gasteiger partial charge on any atom is 0.339 e. The van der Waals surface area contributed by atoms with Crippen molar-refractivity contribution >= 4 is 34.2 Å². The van der Waals surface area contributed by atoms with Gasteiger partial charge in [0.25, 0.3) is 0 Å². The third kappa shape index (κ3) is 5.77. The zero-order chi connectivity index (χ0) is 26.9. The highest BCUT2D eigenvalue weighted by atomic mass is 35.5. The van der Waals surface area contributed by atoms with Crippen LogP contribution in [-0.4, -0.2) is 35.3 Å². The second-order valence-electron chi connectivity index (χ2n) is 10.7. The zero-order valence-corrected chi connectivity index (χ0v) is 23.3. The standard InChI is InChI=1S/C30H37ClN2O4/c1-7-14-32-27-20(19-9-10-19)12-13-22(26(27)31)25-21-11-8-18(16-34)15-23(21)33-17(2)24(25)28(29(35)36-6)37-30(3,4)5/h8,11-13,15,19,28,32,34H,7,9-10,14,16H2,1-6H3/t28-/m0/s1. The molecule has 1 aliphatic carbocycles. The van der Waals surface area contributed by atoms with E-state index in [-0.39, 0.29) is 6.61 Å². The summed E-state index contributed by atoms with van der Waals surface area (Å²) in [6, 6.07) is 9.88. The van der Waals surface area contributed by atoms with Crippen LogP contribution in [-0.2, 0) is 20.9 Å². The Kier molecular flexibility index (Phi) is 8.12. The highest BCUT2D eigenvalue weighted by Gasteiger charge is 2.35. The number of anilines is 1. The molecule has 0 spiro atoms. The summed E-state index contributed by atoms with van der Waals surface area (Å²) in [5, 5.41) is 14.7. The lowest BCUT2D eigenvalue weighted by Crippen LogP contribution is -2.29. The van der Waals surface area contributed by atoms with Gasteiger partial charge in [0.1, 0.15) is 0 Å². The Labute approximate surface area is 224 Å². The van der Waals surface area contributed by atoms with Crippen molar-refractivity contribution in [2.75, 3.05) is 19.0 Å². The molecule has 0 unspecified atom stereocenters. The molecule has 6 nitrogen and oxygen atoms in total. The lowest BCUT2D eigenvalue weighted by molar-refractivity contribution is -0.164. The van der Waals surface area contributed by atoms with Crippen molar-refractivity contribution in [3.05, 3.63) is 57.7 Å². The Morgan fingerprint density at radius 2 is 1.97 bits per heavy atom. The molecule has 37 heavy (non-hydrogen) atoms. The minimum absolute atomic E-state index is 0.0897. The molecule has 2 N–H and O–H groups in total. The predicted octanol–water partition coefficient (Wildman–Crippen LogP) is 7.08. The number of hydrogen-bond acceptors (Lipinski definition) is 6. The first kappa shape index (κ1) is 27.4. The lowest BCUT2D eigenvalue weighted by Gasteiger charge is -2.29. The van der Waals surface area contributed by atoms with Crippen LogP contribution >= 0.6 is 11.6 Å². The van der Waals surface area contributed by atoms with E-state index in [1.807, 2.05) is 45.9 Å². The number of rotatable bonds is 9. The van der Waals surface area contributed by atoms with Crippen LogP contribution < -0.4 is 5.32 Å². The minimum Gasteiger partial charge on any atom is -0.467 e. The van der Waals surface area contributed by atoms with Crippen LogP contribution in [0.1, 0.15) is 81.4 Å². The molecule has 7 heteroatoms. The number of hydrogen-bond donors (Lipinski definition) is 2. The monoisotopic (exact) mass is 524 g/mol. The Hall–Kier alpha value is -2.67. The molecule has 1 fully saturated rings. The summed E-state index contributed by atoms with van der Waals surface area (Å²) in [4.78, 5) is 18.0. The molecule has 0 amide bonds. The Balaban J connectivity index is 2.07. The first-order valence-electron chi connectivity index (χ1n) is 13.0. The summed E-state index contributed by atoms with van der Waals surface area (Å²) in [6.07, 6.45) is 2.29. The number of carbonyl (C=O) groups is 1. The maximum atomic E-state index is 13.2. The molecule has 1 heterocycles. The van der Waals surface area contributed by atoms with Crippen molar-refractivity contribution in [1.82, 2.24) is 4.98 Å². The van der Waals surface area contributed by atoms with E-state index in [1.165, 1.54) is 12.7 Å². The summed E-state index contributed by atoms with van der Waals surface area (Å²) < 4.78 is 11.5. The lowest BCUT2D eigenvalue weighted by atomic mass is 9.89. The van der Waals surface area contributed by atoms with Gasteiger partial charge < -0.3 is 19.9 Å². The van der Waals surface area contributed by atoms with Gasteiger partial charge in [-0.1, -0.05) is 42.8 Å². The summed E-state index contributed by atoms with van der Waals surface area (Å²) in [7, 11) is 1.36. The van der Waals surface area contributed by atoms with Gasteiger partial charge in [-0.15, -0.1) is 0 Å². The number of fused-ring (bicyclic) bond motifs is 1. The van der Waals surface area contributed by atoms with Gasteiger partial charge in [0, 0.05) is 34.3 Å². The first-order chi connectivity index (χ1) is 17.6. The molecule has 0 aliphatic heterocycles. The Bertz CT molecular complexity index is 1310. The van der Waals surface area contributed by atoms with Gasteiger partial charge >= 0.3 is 5.97 Å². The second-order valence-corrected chi connectivity index (χ2v) is 11.1. The van der Waals surface area contributed by atoms with Crippen LogP contribution in [0.4, 0.5) is 5.69 Å². The van der Waals surface area contributed by atoms with E-state index in [4.69, 9.17) is 26.1 Å². The van der Waals surface area contributed by atoms with Gasteiger partial charge in [0.2, 0.25) is 0 Å². The van der Waals surface area contributed by atoms with Crippen LogP contribution in [0.25, 0.3) is 22.0 Å². The highest BCUT2D eigenvalue weighted by molar-refractivity contribution is 6.36. The predicted molar refractivity (Wildman–Crippen MR) is 149 cm³/mol. The van der Waals surface area contributed by atoms with E-state index in [0.717, 1.165) is 53.6 Å². The number of esters is 1. The topological polar surface area (TPSA) is 80.7 Å². The fourth-order valence-corrected chi connectivity index (χ4v) is 5.12. The minimum atomic E-state index is -0.999. The molecule has 1 atom stereocenters. The number of aliphatic hydroxyl groups is 1. The van der Waals surface area contributed by atoms with Crippen molar-refractivity contribution in [1.29, 1.82) is 0 Å². The number of carbonyl (C=O) groups excluding carboxylic acids is 1. The van der Waals surface area contributed by atoms with Crippen molar-refractivity contribution in [2.45, 2.75) is 78.1 Å². The quantitative estimate of drug-likeness (QED) is 0.291. The van der Waals surface area contributed by atoms with E-state index in [0.29, 0.717) is 27.7 Å². The van der Waals surface area contributed by atoms with Gasteiger partial charge in [-0.3, -0.25) is 4.98 Å². The molecule has 4 rings (SSSR count). The number of nitrogens with one attached hydrogen (secondary N) is 1. The molecule has 0 radical (unpaired) electrons. The third-order valence-corrected chi connectivity index (χ3v) is 7.02. The van der Waals surface area contributed by atoms with Crippen molar-refractivity contribution in [2.24, 2.45) is 0 Å². The molecule has 1 aromatic heterocycles. The SMILES string of the molecule is CCCNc1c(C2CC2)ccc(-c2c([C@H](OC(C)(C)C)C(=O)OC)c(C)nc3cc(CO)ccc23)c1Cl. The molecule has 198 valence electrons. The normalized spacial score (nSPS) is 14.6. The number of aliphatic hydroxyl groups excluding tert-OH is 1. The largest absolute Gasteiger partial charge is 0.467 e. The van der Waals surface area contributed by atoms with Crippen molar-refractivity contribution < 1.29 is 19.4 Å². The third-order valence-electron chi connectivity index (χ3n) is 6.62. The van der Waals surface area contributed by atoms with E-state index in [2.05, 4.69) is 24.4 Å². The molecule has 2 aromatic carbocycles. The first-order valence-corrected chi connectivity index (χ1v) is 13.3. The van der Waals surface area contributed by atoms with Gasteiger partial charge in [-0.2, -0.15) is 0 Å². The smallest absolute Gasteiger partial charge is 0.339 e. The fraction of sp³-hybridized carbons (Fsp3) is 0.467. The van der Waals surface area contributed by atoms with Crippen LogP contribution in [0, 0.1) is 6.92 Å². The van der Waals surface area contributed by atoms with Crippen LogP contribution in [0.3, 0.4) is 0 Å². The molecular formula is C30H37ClN2O4. The molecule has 1 saturated carbocycles. The van der Waals surface area contributed by atoms with Crippen LogP contribution in [0.15, 0.2) is 30.3 Å². The summed E-state index contributed by atoms with van der Waals surface area (Å²) >= 11 is 7.21. The van der Waals surface area contributed by atoms with Crippen molar-refractivity contribution in [3.63, 3.8) is 0 Å². The number of benzene rings is 2. The van der Waals surface area contributed by atoms with E-state index >= 15 is 0 Å². The number of aromatic nitrogens is 1. The van der Waals surface area contributed by atoms with Gasteiger partial charge in [0.15, 0.2) is 6.10 Å². The van der Waals surface area contributed by atoms with E-state index in [1.54, 1.807) is 0 Å². The number of ether oxygens (including phenoxy) is 2. The molecule has 3 aromatic rings. The molecule has 0 saturated heterocycles. The maximum absolute atomic E-state index is 13.2. The summed E-state index contributed by atoms with van der Waals surface area (Å²) in [5.41, 5.74) is 5.91. The number of methoxy groups -OCH3 is 1. The Morgan fingerprint density at radius 3 is 2.57 bits per heavy atom. The zero-order valence-electron chi connectivity index (χ0n) is 22.6. The second kappa shape index (κ2) is 11.0. The number of nitrogens with zero attached hydrogens (tertiary/aromatic N) is 1. The highest BCUT2D eigenvalue weighted by Crippen LogP contribution is 2.50. The van der Waals surface area contributed by atoms with Gasteiger partial charge in [-0.05, 0) is 70.1 Å². The number of halogens is 1.